The van der Waals surface area contributed by atoms with Crippen LogP contribution in [-0.4, -0.2) is 12.2 Å². The lowest BCUT2D eigenvalue weighted by Crippen LogP contribution is -2.23. The molecule has 0 spiro atoms. The van der Waals surface area contributed by atoms with Crippen LogP contribution in [-0.2, 0) is 0 Å². The first-order valence-corrected chi connectivity index (χ1v) is 6.21. The Balaban J connectivity index is 1.76. The van der Waals surface area contributed by atoms with Gasteiger partial charge in [-0.3, -0.25) is 0 Å². The highest BCUT2D eigenvalue weighted by Crippen LogP contribution is 2.04. The molecule has 0 unspecified atom stereocenters. The molecule has 0 atom stereocenters. The zero-order chi connectivity index (χ0) is 14.0. The Hall–Kier alpha value is -2.88. The molecule has 2 aromatic rings. The average molecular weight is 265 g/mol. The summed E-state index contributed by atoms with van der Waals surface area (Å²) in [7, 11) is 0. The maximum atomic E-state index is 11.5. The number of hydrogen-bond donors (Lipinski definition) is 2. The van der Waals surface area contributed by atoms with Crippen molar-refractivity contribution in [2.45, 2.75) is 0 Å². The van der Waals surface area contributed by atoms with Crippen LogP contribution in [0.3, 0.4) is 0 Å². The van der Waals surface area contributed by atoms with Gasteiger partial charge in [-0.15, -0.1) is 0 Å². The molecule has 0 fully saturated rings. The number of nitrogens with one attached hydrogen (secondary N) is 2. The number of anilines is 1. The van der Waals surface area contributed by atoms with Gasteiger partial charge < -0.3 is 5.32 Å². The van der Waals surface area contributed by atoms with Gasteiger partial charge >= 0.3 is 6.03 Å². The molecule has 2 N–H and O–H groups in total. The third-order valence-electron chi connectivity index (χ3n) is 2.45. The van der Waals surface area contributed by atoms with Gasteiger partial charge in [0.2, 0.25) is 0 Å². The molecule has 4 nitrogen and oxygen atoms in total. The number of benzene rings is 2. The number of para-hydroxylation sites is 1. The van der Waals surface area contributed by atoms with E-state index in [1.54, 1.807) is 18.2 Å². The van der Waals surface area contributed by atoms with Crippen molar-refractivity contribution in [2.75, 3.05) is 5.32 Å². The molecular formula is C16H15N3O. The molecule has 0 aromatic heterocycles. The third kappa shape index (κ3) is 4.78. The number of nitrogens with zero attached hydrogens (tertiary/aromatic N) is 1. The van der Waals surface area contributed by atoms with Crippen LogP contribution in [0.5, 0.6) is 0 Å². The van der Waals surface area contributed by atoms with E-state index in [9.17, 15) is 4.79 Å². The van der Waals surface area contributed by atoms with Gasteiger partial charge in [-0.25, -0.2) is 10.2 Å². The normalized spacial score (nSPS) is 10.8. The Labute approximate surface area is 117 Å². The van der Waals surface area contributed by atoms with E-state index in [-0.39, 0.29) is 6.03 Å². The zero-order valence-corrected chi connectivity index (χ0v) is 10.9. The maximum absolute atomic E-state index is 11.5. The molecule has 0 saturated heterocycles. The van der Waals surface area contributed by atoms with Crippen LogP contribution < -0.4 is 10.7 Å². The van der Waals surface area contributed by atoms with Crippen molar-refractivity contribution in [3.63, 3.8) is 0 Å². The Morgan fingerprint density at radius 3 is 2.30 bits per heavy atom. The summed E-state index contributed by atoms with van der Waals surface area (Å²) in [6, 6.07) is 18.7. The number of carbonyl (C=O) groups is 1. The summed E-state index contributed by atoms with van der Waals surface area (Å²) in [4.78, 5) is 11.5. The Morgan fingerprint density at radius 2 is 1.60 bits per heavy atom. The molecular weight excluding hydrogens is 250 g/mol. The van der Waals surface area contributed by atoms with Crippen molar-refractivity contribution in [2.24, 2.45) is 5.10 Å². The number of rotatable bonds is 4. The van der Waals surface area contributed by atoms with Crippen molar-refractivity contribution in [1.29, 1.82) is 0 Å². The molecule has 0 radical (unpaired) electrons. The van der Waals surface area contributed by atoms with E-state index in [4.69, 9.17) is 0 Å². The quantitative estimate of drug-likeness (QED) is 0.645. The maximum Gasteiger partial charge on any atom is 0.339 e. The number of hydrazone groups is 1. The second kappa shape index (κ2) is 7.53. The Bertz CT molecular complexity index is 592. The van der Waals surface area contributed by atoms with E-state index >= 15 is 0 Å². The first kappa shape index (κ1) is 13.5. The first-order chi connectivity index (χ1) is 9.84. The Kier molecular flexibility index (Phi) is 5.10. The summed E-state index contributed by atoms with van der Waals surface area (Å²) in [5.41, 5.74) is 4.18. The minimum absolute atomic E-state index is 0.374. The molecule has 0 saturated carbocycles. The molecule has 0 heterocycles. The van der Waals surface area contributed by atoms with E-state index in [1.165, 1.54) is 6.21 Å². The number of hydrogen-bond acceptors (Lipinski definition) is 2. The van der Waals surface area contributed by atoms with Crippen LogP contribution >= 0.6 is 0 Å². The SMILES string of the molecule is O=C(NN=CC=Cc1ccccc1)Nc1ccccc1. The number of allylic oxidation sites excluding steroid dienone is 1. The fraction of sp³-hybridized carbons (Fsp3) is 0. The smallest absolute Gasteiger partial charge is 0.307 e. The summed E-state index contributed by atoms with van der Waals surface area (Å²) in [5.74, 6) is 0. The monoisotopic (exact) mass is 265 g/mol. The molecule has 0 aliphatic heterocycles. The van der Waals surface area contributed by atoms with Crippen LogP contribution in [0.2, 0.25) is 0 Å². The molecule has 4 heteroatoms. The van der Waals surface area contributed by atoms with Gasteiger partial charge in [0.1, 0.15) is 0 Å². The van der Waals surface area contributed by atoms with Crippen molar-refractivity contribution in [3.8, 4) is 0 Å². The van der Waals surface area contributed by atoms with E-state index in [0.29, 0.717) is 0 Å². The topological polar surface area (TPSA) is 53.5 Å². The Morgan fingerprint density at radius 1 is 0.950 bits per heavy atom. The standard InChI is InChI=1S/C16H15N3O/c20-16(18-15-11-5-2-6-12-15)19-17-13-7-10-14-8-3-1-4-9-14/h1-13H,(H2,18,19,20). The van der Waals surface area contributed by atoms with E-state index in [1.807, 2.05) is 54.6 Å². The fourth-order valence-corrected chi connectivity index (χ4v) is 1.54. The summed E-state index contributed by atoms with van der Waals surface area (Å²) in [6.45, 7) is 0. The number of urea groups is 1. The average Bonchev–Trinajstić information content (AvgIpc) is 2.49. The van der Waals surface area contributed by atoms with Crippen LogP contribution in [0.25, 0.3) is 6.08 Å². The largest absolute Gasteiger partial charge is 0.339 e. The minimum Gasteiger partial charge on any atom is -0.307 e. The number of amides is 2. The third-order valence-corrected chi connectivity index (χ3v) is 2.45. The van der Waals surface area contributed by atoms with Gasteiger partial charge in [0.25, 0.3) is 0 Å². The van der Waals surface area contributed by atoms with Gasteiger partial charge in [0.05, 0.1) is 0 Å². The molecule has 2 aromatic carbocycles. The zero-order valence-electron chi connectivity index (χ0n) is 10.9. The van der Waals surface area contributed by atoms with Gasteiger partial charge in [0, 0.05) is 11.9 Å². The minimum atomic E-state index is -0.374. The van der Waals surface area contributed by atoms with Gasteiger partial charge in [0.15, 0.2) is 0 Å². The van der Waals surface area contributed by atoms with Gasteiger partial charge in [-0.05, 0) is 23.8 Å². The highest BCUT2D eigenvalue weighted by molar-refractivity contribution is 5.90. The number of carbonyl (C=O) groups excluding carboxylic acids is 1. The summed E-state index contributed by atoms with van der Waals surface area (Å²) >= 11 is 0. The lowest BCUT2D eigenvalue weighted by atomic mass is 10.2. The lowest BCUT2D eigenvalue weighted by Gasteiger charge is -2.02. The van der Waals surface area contributed by atoms with Crippen molar-refractivity contribution < 1.29 is 4.79 Å². The first-order valence-electron chi connectivity index (χ1n) is 6.21. The summed E-state index contributed by atoms with van der Waals surface area (Å²) in [5, 5.41) is 6.47. The summed E-state index contributed by atoms with van der Waals surface area (Å²) < 4.78 is 0. The van der Waals surface area contributed by atoms with Crippen LogP contribution in [0.1, 0.15) is 5.56 Å². The van der Waals surface area contributed by atoms with E-state index < -0.39 is 0 Å². The van der Waals surface area contributed by atoms with Crippen molar-refractivity contribution >= 4 is 24.0 Å². The molecule has 100 valence electrons. The summed E-state index contributed by atoms with van der Waals surface area (Å²) in [6.07, 6.45) is 5.19. The second-order valence-corrected chi connectivity index (χ2v) is 3.98. The lowest BCUT2D eigenvalue weighted by molar-refractivity contribution is 0.252. The predicted molar refractivity (Wildman–Crippen MR) is 82.6 cm³/mol. The molecule has 2 amide bonds. The van der Waals surface area contributed by atoms with Crippen LogP contribution in [0.15, 0.2) is 71.8 Å². The molecule has 0 aliphatic carbocycles. The van der Waals surface area contributed by atoms with Crippen molar-refractivity contribution in [1.82, 2.24) is 5.43 Å². The van der Waals surface area contributed by atoms with Gasteiger partial charge in [-0.2, -0.15) is 5.10 Å². The molecule has 0 aliphatic rings. The highest BCUT2D eigenvalue weighted by Gasteiger charge is 1.97. The van der Waals surface area contributed by atoms with Crippen LogP contribution in [0, 0.1) is 0 Å². The van der Waals surface area contributed by atoms with E-state index in [0.717, 1.165) is 11.3 Å². The van der Waals surface area contributed by atoms with Gasteiger partial charge in [-0.1, -0.05) is 54.6 Å². The molecule has 0 bridgehead atoms. The molecule has 2 rings (SSSR count). The fourth-order valence-electron chi connectivity index (χ4n) is 1.54. The van der Waals surface area contributed by atoms with E-state index in [2.05, 4.69) is 15.8 Å². The second-order valence-electron chi connectivity index (χ2n) is 3.98. The molecule has 20 heavy (non-hydrogen) atoms. The predicted octanol–water partition coefficient (Wildman–Crippen LogP) is 3.51. The van der Waals surface area contributed by atoms with Crippen molar-refractivity contribution in [3.05, 3.63) is 72.3 Å². The van der Waals surface area contributed by atoms with Crippen LogP contribution in [0.4, 0.5) is 10.5 Å². The highest BCUT2D eigenvalue weighted by atomic mass is 16.2.